The Morgan fingerprint density at radius 2 is 2.08 bits per heavy atom. The number of rotatable bonds is 3. The number of likely N-dealkylation sites (tertiary alicyclic amines) is 2. The van der Waals surface area contributed by atoms with E-state index in [-0.39, 0.29) is 17.4 Å². The second-order valence-corrected chi connectivity index (χ2v) is 9.30. The third kappa shape index (κ3) is 4.14. The minimum Gasteiger partial charge on any atom is -0.392 e. The highest BCUT2D eigenvalue weighted by Gasteiger charge is 2.43. The molecule has 3 aliphatic heterocycles. The number of hydrogen-bond donors (Lipinski definition) is 1. The largest absolute Gasteiger partial charge is 0.392 e. The van der Waals surface area contributed by atoms with E-state index in [0.717, 1.165) is 76.4 Å². The van der Waals surface area contributed by atoms with Crippen LogP contribution in [0.3, 0.4) is 0 Å². The van der Waals surface area contributed by atoms with Crippen molar-refractivity contribution < 1.29 is 14.6 Å². The molecule has 0 radical (unpaired) electrons. The molecule has 3 aliphatic rings. The van der Waals surface area contributed by atoms with Crippen molar-refractivity contribution in [2.75, 3.05) is 39.4 Å². The van der Waals surface area contributed by atoms with Gasteiger partial charge in [-0.3, -0.25) is 9.69 Å². The summed E-state index contributed by atoms with van der Waals surface area (Å²) >= 11 is 1.66. The van der Waals surface area contributed by atoms with Crippen molar-refractivity contribution in [3.8, 4) is 0 Å². The van der Waals surface area contributed by atoms with Crippen LogP contribution in [0, 0.1) is 5.41 Å². The summed E-state index contributed by atoms with van der Waals surface area (Å²) in [5.41, 5.74) is 0.176. The van der Waals surface area contributed by atoms with Crippen molar-refractivity contribution in [2.24, 2.45) is 5.41 Å². The van der Waals surface area contributed by atoms with Gasteiger partial charge in [-0.25, -0.2) is 0 Å². The molecule has 1 aromatic rings. The van der Waals surface area contributed by atoms with Gasteiger partial charge < -0.3 is 14.7 Å². The number of β-amino-alcohol motifs (C(OH)–C–C–N with tert-alkyl or cyclic N) is 1. The number of ether oxygens (including phenoxy) is 1. The topological polar surface area (TPSA) is 53.0 Å². The monoisotopic (exact) mass is 378 g/mol. The van der Waals surface area contributed by atoms with Crippen LogP contribution >= 0.6 is 11.3 Å². The van der Waals surface area contributed by atoms with Gasteiger partial charge in [0, 0.05) is 50.3 Å². The molecular weight excluding hydrogens is 348 g/mol. The van der Waals surface area contributed by atoms with E-state index in [9.17, 15) is 9.90 Å². The van der Waals surface area contributed by atoms with Gasteiger partial charge >= 0.3 is 0 Å². The maximum Gasteiger partial charge on any atom is 0.227 e. The van der Waals surface area contributed by atoms with Crippen molar-refractivity contribution in [3.05, 3.63) is 22.4 Å². The van der Waals surface area contributed by atoms with Gasteiger partial charge in [-0.2, -0.15) is 0 Å². The number of carbonyl (C=O) groups excluding carboxylic acids is 1. The molecule has 1 atom stereocenters. The van der Waals surface area contributed by atoms with Gasteiger partial charge in [0.15, 0.2) is 0 Å². The van der Waals surface area contributed by atoms with E-state index in [2.05, 4.69) is 4.90 Å². The first-order chi connectivity index (χ1) is 12.6. The number of amides is 1. The van der Waals surface area contributed by atoms with Gasteiger partial charge in [-0.05, 0) is 49.0 Å². The molecule has 3 saturated heterocycles. The van der Waals surface area contributed by atoms with Gasteiger partial charge in [0.1, 0.15) is 0 Å². The van der Waals surface area contributed by atoms with E-state index in [1.54, 1.807) is 11.3 Å². The van der Waals surface area contributed by atoms with E-state index < -0.39 is 0 Å². The third-order valence-electron chi connectivity index (χ3n) is 6.44. The predicted molar refractivity (Wildman–Crippen MR) is 102 cm³/mol. The molecule has 144 valence electrons. The molecule has 0 saturated carbocycles. The highest BCUT2D eigenvalue weighted by Crippen LogP contribution is 2.41. The van der Waals surface area contributed by atoms with Crippen LogP contribution < -0.4 is 0 Å². The Bertz CT molecular complexity index is 592. The fraction of sp³-hybridized carbons (Fsp3) is 0.750. The van der Waals surface area contributed by atoms with Crippen LogP contribution in [0.25, 0.3) is 0 Å². The van der Waals surface area contributed by atoms with Crippen molar-refractivity contribution >= 4 is 17.2 Å². The normalized spacial score (nSPS) is 27.7. The summed E-state index contributed by atoms with van der Waals surface area (Å²) in [5, 5.41) is 12.6. The number of thiophene rings is 1. The molecule has 3 fully saturated rings. The summed E-state index contributed by atoms with van der Waals surface area (Å²) in [5.74, 6) is 0.250. The Balaban J connectivity index is 1.35. The van der Waals surface area contributed by atoms with E-state index in [4.69, 9.17) is 4.74 Å². The minimum absolute atomic E-state index is 0.176. The third-order valence-corrected chi connectivity index (χ3v) is 7.32. The average Bonchev–Trinajstić information content (AvgIpc) is 3.15. The van der Waals surface area contributed by atoms with Crippen molar-refractivity contribution in [1.29, 1.82) is 0 Å². The zero-order valence-corrected chi connectivity index (χ0v) is 16.3. The van der Waals surface area contributed by atoms with Gasteiger partial charge in [0.25, 0.3) is 0 Å². The van der Waals surface area contributed by atoms with Crippen molar-refractivity contribution in [1.82, 2.24) is 9.80 Å². The van der Waals surface area contributed by atoms with E-state index >= 15 is 0 Å². The zero-order valence-electron chi connectivity index (χ0n) is 15.4. The molecule has 1 amide bonds. The SMILES string of the molecule is O=C(Cc1cccs1)N1CCC2(CC1)CC(O)CN(C1CCOCC1)C2. The van der Waals surface area contributed by atoms with E-state index in [1.807, 2.05) is 22.4 Å². The quantitative estimate of drug-likeness (QED) is 0.876. The molecular formula is C20H30N2O3S. The van der Waals surface area contributed by atoms with Gasteiger partial charge in [0.05, 0.1) is 12.5 Å². The summed E-state index contributed by atoms with van der Waals surface area (Å²) in [6, 6.07) is 4.60. The Kier molecular flexibility index (Phi) is 5.64. The zero-order chi connectivity index (χ0) is 18.0. The summed E-state index contributed by atoms with van der Waals surface area (Å²) in [6.07, 6.45) is 5.36. The second kappa shape index (κ2) is 7.97. The fourth-order valence-corrected chi connectivity index (χ4v) is 5.69. The molecule has 6 heteroatoms. The maximum atomic E-state index is 12.6. The molecule has 1 spiro atoms. The highest BCUT2D eigenvalue weighted by molar-refractivity contribution is 7.10. The number of hydrogen-bond acceptors (Lipinski definition) is 5. The standard InChI is InChI=1S/C20H30N2O3S/c23-17-13-20(15-22(14-17)16-3-9-25-10-4-16)5-7-21(8-6-20)19(24)12-18-2-1-11-26-18/h1-2,11,16-17,23H,3-10,12-15H2. The lowest BCUT2D eigenvalue weighted by molar-refractivity contribution is -0.135. The number of piperidine rings is 2. The summed E-state index contributed by atoms with van der Waals surface area (Å²) in [4.78, 5) is 18.3. The van der Waals surface area contributed by atoms with Crippen LogP contribution in [0.4, 0.5) is 0 Å². The number of aliphatic hydroxyl groups excluding tert-OH is 1. The lowest BCUT2D eigenvalue weighted by atomic mass is 9.71. The molecule has 0 aromatic carbocycles. The van der Waals surface area contributed by atoms with Gasteiger partial charge in [0.2, 0.25) is 5.91 Å². The first-order valence-corrected chi connectivity index (χ1v) is 10.8. The first-order valence-electron chi connectivity index (χ1n) is 9.94. The van der Waals surface area contributed by atoms with Crippen LogP contribution in [-0.2, 0) is 16.0 Å². The van der Waals surface area contributed by atoms with Crippen LogP contribution in [-0.4, -0.2) is 72.4 Å². The van der Waals surface area contributed by atoms with Crippen LogP contribution in [0.5, 0.6) is 0 Å². The smallest absolute Gasteiger partial charge is 0.227 e. The number of aliphatic hydroxyl groups is 1. The second-order valence-electron chi connectivity index (χ2n) is 8.27. The van der Waals surface area contributed by atoms with Crippen LogP contribution in [0.1, 0.15) is 37.0 Å². The predicted octanol–water partition coefficient (Wildman–Crippen LogP) is 2.15. The average molecular weight is 379 g/mol. The summed E-state index contributed by atoms with van der Waals surface area (Å²) in [6.45, 7) is 5.22. The number of nitrogens with zero attached hydrogens (tertiary/aromatic N) is 2. The molecule has 4 heterocycles. The summed E-state index contributed by atoms with van der Waals surface area (Å²) in [7, 11) is 0. The van der Waals surface area contributed by atoms with E-state index in [1.165, 1.54) is 0 Å². The molecule has 26 heavy (non-hydrogen) atoms. The fourth-order valence-electron chi connectivity index (χ4n) is 4.99. The molecule has 1 aromatic heterocycles. The lowest BCUT2D eigenvalue weighted by Gasteiger charge is -2.51. The Labute approximate surface area is 159 Å². The maximum absolute atomic E-state index is 12.6. The van der Waals surface area contributed by atoms with Crippen LogP contribution in [0.15, 0.2) is 17.5 Å². The van der Waals surface area contributed by atoms with Crippen LogP contribution in [0.2, 0.25) is 0 Å². The number of carbonyl (C=O) groups is 1. The van der Waals surface area contributed by atoms with Gasteiger partial charge in [-0.15, -0.1) is 11.3 Å². The Hall–Kier alpha value is -0.950. The minimum atomic E-state index is -0.236. The molecule has 1 N–H and O–H groups in total. The first kappa shape index (κ1) is 18.4. The Morgan fingerprint density at radius 1 is 1.31 bits per heavy atom. The van der Waals surface area contributed by atoms with E-state index in [0.29, 0.717) is 12.5 Å². The van der Waals surface area contributed by atoms with Gasteiger partial charge in [-0.1, -0.05) is 6.07 Å². The lowest BCUT2D eigenvalue weighted by Crippen LogP contribution is -2.57. The highest BCUT2D eigenvalue weighted by atomic mass is 32.1. The molecule has 0 bridgehead atoms. The summed E-state index contributed by atoms with van der Waals surface area (Å²) < 4.78 is 5.51. The molecule has 4 rings (SSSR count). The van der Waals surface area contributed by atoms with Crippen molar-refractivity contribution in [2.45, 2.75) is 50.7 Å². The molecule has 0 aliphatic carbocycles. The molecule has 1 unspecified atom stereocenters. The Morgan fingerprint density at radius 3 is 2.77 bits per heavy atom. The van der Waals surface area contributed by atoms with Crippen molar-refractivity contribution in [3.63, 3.8) is 0 Å². The molecule has 5 nitrogen and oxygen atoms in total.